The molecule has 0 aliphatic carbocycles. The van der Waals surface area contributed by atoms with Gasteiger partial charge in [-0.1, -0.05) is 63.9 Å². The number of morpholine rings is 1. The number of nitrogens with zero attached hydrogens (tertiary/aromatic N) is 3. The number of benzene rings is 2. The van der Waals surface area contributed by atoms with E-state index in [0.717, 1.165) is 82.2 Å². The molecule has 40 heavy (non-hydrogen) atoms. The third kappa shape index (κ3) is 9.74. The lowest BCUT2D eigenvalue weighted by atomic mass is 9.80. The third-order valence-electron chi connectivity index (χ3n) is 8.25. The van der Waals surface area contributed by atoms with E-state index >= 15 is 0 Å². The van der Waals surface area contributed by atoms with Crippen LogP contribution in [0.2, 0.25) is 0 Å². The van der Waals surface area contributed by atoms with Gasteiger partial charge in [-0.15, -0.1) is 0 Å². The number of rotatable bonds is 14. The quantitative estimate of drug-likeness (QED) is 0.205. The number of Topliss-reactive ketones (excluding diaryl/α,β-unsaturated/α-hetero) is 1. The summed E-state index contributed by atoms with van der Waals surface area (Å²) in [4.78, 5) is 30.4. The maximum atomic E-state index is 13.6. The maximum absolute atomic E-state index is 13.6. The molecule has 6 nitrogen and oxygen atoms in total. The average Bonchev–Trinajstić information content (AvgIpc) is 2.99. The Morgan fingerprint density at radius 1 is 1.00 bits per heavy atom. The molecular formula is C34H53N3O3. The zero-order valence-electron chi connectivity index (χ0n) is 26.1. The molecule has 1 fully saturated rings. The van der Waals surface area contributed by atoms with Crippen molar-refractivity contribution in [2.45, 2.75) is 72.3 Å². The lowest BCUT2D eigenvalue weighted by Crippen LogP contribution is -2.52. The van der Waals surface area contributed by atoms with Crippen LogP contribution in [0.4, 0.5) is 5.69 Å². The van der Waals surface area contributed by atoms with Gasteiger partial charge in [0, 0.05) is 37.4 Å². The highest BCUT2D eigenvalue weighted by atomic mass is 16.5. The van der Waals surface area contributed by atoms with Gasteiger partial charge in [0.05, 0.1) is 18.8 Å². The van der Waals surface area contributed by atoms with Gasteiger partial charge in [-0.05, 0) is 82.4 Å². The van der Waals surface area contributed by atoms with Gasteiger partial charge < -0.3 is 14.5 Å². The first-order valence-electron chi connectivity index (χ1n) is 15.1. The average molecular weight is 552 g/mol. The van der Waals surface area contributed by atoms with E-state index < -0.39 is 5.54 Å². The topological polar surface area (TPSA) is 53.1 Å². The van der Waals surface area contributed by atoms with Gasteiger partial charge in [0.2, 0.25) is 6.41 Å². The van der Waals surface area contributed by atoms with Crippen molar-refractivity contribution < 1.29 is 14.3 Å². The van der Waals surface area contributed by atoms with Crippen molar-refractivity contribution in [3.63, 3.8) is 0 Å². The van der Waals surface area contributed by atoms with Crippen LogP contribution in [0.15, 0.2) is 48.5 Å². The minimum Gasteiger partial charge on any atom is -0.378 e. The van der Waals surface area contributed by atoms with E-state index in [4.69, 9.17) is 4.74 Å². The number of carbonyl (C=O) groups excluding carboxylic acids is 2. The first-order chi connectivity index (χ1) is 19.2. The normalized spacial score (nSPS) is 15.6. The lowest BCUT2D eigenvalue weighted by molar-refractivity contribution is -0.118. The molecule has 2 aromatic rings. The van der Waals surface area contributed by atoms with Crippen LogP contribution in [-0.2, 0) is 16.0 Å². The van der Waals surface area contributed by atoms with Crippen molar-refractivity contribution in [1.82, 2.24) is 9.80 Å². The molecule has 1 aliphatic rings. The summed E-state index contributed by atoms with van der Waals surface area (Å²) in [6.45, 7) is 15.9. The fourth-order valence-electron chi connectivity index (χ4n) is 5.10. The molecule has 1 heterocycles. The van der Waals surface area contributed by atoms with Crippen LogP contribution in [0, 0.1) is 12.8 Å². The van der Waals surface area contributed by atoms with Crippen molar-refractivity contribution in [2.75, 3.05) is 58.4 Å². The van der Waals surface area contributed by atoms with Gasteiger partial charge in [0.15, 0.2) is 5.78 Å². The monoisotopic (exact) mass is 551 g/mol. The van der Waals surface area contributed by atoms with E-state index in [1.807, 2.05) is 31.1 Å². The molecule has 0 radical (unpaired) electrons. The van der Waals surface area contributed by atoms with Gasteiger partial charge in [0.1, 0.15) is 0 Å². The maximum Gasteiger partial charge on any atom is 0.209 e. The first kappa shape index (κ1) is 33.5. The van der Waals surface area contributed by atoms with Crippen LogP contribution in [0.3, 0.4) is 0 Å². The minimum atomic E-state index is -0.546. The molecule has 222 valence electrons. The Balaban J connectivity index is 0.000000395. The number of amides is 1. The number of anilines is 1. The van der Waals surface area contributed by atoms with Gasteiger partial charge in [-0.3, -0.25) is 14.5 Å². The van der Waals surface area contributed by atoms with E-state index in [1.165, 1.54) is 17.5 Å². The number of likely N-dealkylation sites (N-methyl/N-ethyl adjacent to an activating group) is 1. The Morgan fingerprint density at radius 3 is 2.12 bits per heavy atom. The van der Waals surface area contributed by atoms with E-state index in [2.05, 4.69) is 80.8 Å². The summed E-state index contributed by atoms with van der Waals surface area (Å²) < 4.78 is 5.43. The van der Waals surface area contributed by atoms with E-state index in [1.54, 1.807) is 0 Å². The Kier molecular flexibility index (Phi) is 14.4. The predicted octanol–water partition coefficient (Wildman–Crippen LogP) is 6.26. The summed E-state index contributed by atoms with van der Waals surface area (Å²) in [5.74, 6) is 0.929. The summed E-state index contributed by atoms with van der Waals surface area (Å²) >= 11 is 0. The van der Waals surface area contributed by atoms with Crippen LogP contribution in [0.25, 0.3) is 0 Å². The second kappa shape index (κ2) is 17.2. The molecule has 2 unspecified atom stereocenters. The minimum absolute atomic E-state index is 0.189. The van der Waals surface area contributed by atoms with Crippen LogP contribution in [-0.4, -0.2) is 81.0 Å². The standard InChI is InChI=1S/C24H32N2O2.C10H21NO/c1-5-24(25(3)4,18-20-8-6-19(2)7-9-20)23(27)21-10-12-22(13-11-21)26-14-16-28-17-15-26;1-4-7-11(9-12)8-6-10(3)5-2/h6-13H,5,14-18H2,1-4H3;9-10H,4-8H2,1-3H3. The van der Waals surface area contributed by atoms with Crippen molar-refractivity contribution in [1.29, 1.82) is 0 Å². The smallest absolute Gasteiger partial charge is 0.209 e. The van der Waals surface area contributed by atoms with Crippen molar-refractivity contribution in [2.24, 2.45) is 5.92 Å². The first-order valence-corrected chi connectivity index (χ1v) is 15.1. The van der Waals surface area contributed by atoms with Crippen molar-refractivity contribution in [3.8, 4) is 0 Å². The summed E-state index contributed by atoms with van der Waals surface area (Å²) in [5.41, 5.74) is 3.82. The Hall–Kier alpha value is -2.70. The van der Waals surface area contributed by atoms with E-state index in [9.17, 15) is 9.59 Å². The molecule has 0 saturated carbocycles. The van der Waals surface area contributed by atoms with Crippen LogP contribution in [0.5, 0.6) is 0 Å². The van der Waals surface area contributed by atoms with Crippen LogP contribution in [0.1, 0.15) is 74.9 Å². The molecular weight excluding hydrogens is 498 g/mol. The number of aryl methyl sites for hydroxylation is 1. The Bertz CT molecular complexity index is 1000. The zero-order chi connectivity index (χ0) is 29.5. The molecule has 1 aliphatic heterocycles. The van der Waals surface area contributed by atoms with Crippen LogP contribution < -0.4 is 4.90 Å². The fourth-order valence-corrected chi connectivity index (χ4v) is 5.10. The van der Waals surface area contributed by atoms with Gasteiger partial charge in [0.25, 0.3) is 0 Å². The summed E-state index contributed by atoms with van der Waals surface area (Å²) in [5, 5.41) is 0. The SMILES string of the molecule is CCC(Cc1ccc(C)cc1)(C(=O)c1ccc(N2CCOCC2)cc1)N(C)C.CCCN(C=O)CCC(C)CC. The van der Waals surface area contributed by atoms with E-state index in [-0.39, 0.29) is 5.78 Å². The summed E-state index contributed by atoms with van der Waals surface area (Å²) in [6.07, 6.45) is 5.83. The highest BCUT2D eigenvalue weighted by molar-refractivity contribution is 6.03. The number of ketones is 1. The third-order valence-corrected chi connectivity index (χ3v) is 8.25. The van der Waals surface area contributed by atoms with Crippen LogP contribution >= 0.6 is 0 Å². The molecule has 0 N–H and O–H groups in total. The second-order valence-electron chi connectivity index (χ2n) is 11.4. The summed E-state index contributed by atoms with van der Waals surface area (Å²) in [6, 6.07) is 16.6. The largest absolute Gasteiger partial charge is 0.378 e. The second-order valence-corrected chi connectivity index (χ2v) is 11.4. The number of hydrogen-bond acceptors (Lipinski definition) is 5. The summed E-state index contributed by atoms with van der Waals surface area (Å²) in [7, 11) is 4.02. The lowest BCUT2D eigenvalue weighted by Gasteiger charge is -2.38. The Morgan fingerprint density at radius 2 is 1.62 bits per heavy atom. The highest BCUT2D eigenvalue weighted by Gasteiger charge is 2.39. The van der Waals surface area contributed by atoms with Crippen molar-refractivity contribution in [3.05, 3.63) is 65.2 Å². The molecule has 2 aromatic carbocycles. The predicted molar refractivity (Wildman–Crippen MR) is 167 cm³/mol. The number of ether oxygens (including phenoxy) is 1. The molecule has 6 heteroatoms. The highest BCUT2D eigenvalue weighted by Crippen LogP contribution is 2.29. The molecule has 0 spiro atoms. The molecule has 0 aromatic heterocycles. The molecule has 1 amide bonds. The molecule has 1 saturated heterocycles. The molecule has 3 rings (SSSR count). The van der Waals surface area contributed by atoms with Crippen molar-refractivity contribution >= 4 is 17.9 Å². The van der Waals surface area contributed by atoms with Gasteiger partial charge in [-0.25, -0.2) is 0 Å². The van der Waals surface area contributed by atoms with Gasteiger partial charge in [-0.2, -0.15) is 0 Å². The number of carbonyl (C=O) groups is 2. The molecule has 2 atom stereocenters. The van der Waals surface area contributed by atoms with Gasteiger partial charge >= 0.3 is 0 Å². The fraction of sp³-hybridized carbons (Fsp3) is 0.588. The zero-order valence-corrected chi connectivity index (χ0v) is 26.1. The molecule has 0 bridgehead atoms. The number of hydrogen-bond donors (Lipinski definition) is 0. The van der Waals surface area contributed by atoms with E-state index in [0.29, 0.717) is 6.42 Å². The Labute approximate surface area is 243 Å².